The lowest BCUT2D eigenvalue weighted by Crippen LogP contribution is -2.39. The first kappa shape index (κ1) is 13.9. The molecule has 0 aliphatic carbocycles. The quantitative estimate of drug-likeness (QED) is 0.752. The molecule has 1 aliphatic rings. The minimum atomic E-state index is -0.739. The zero-order valence-corrected chi connectivity index (χ0v) is 12.8. The predicted molar refractivity (Wildman–Crippen MR) is 86.5 cm³/mol. The molecule has 0 bridgehead atoms. The molecular formula is C16H17N5O2. The maximum Gasteiger partial charge on any atom is 0.308 e. The Balaban J connectivity index is 1.91. The fourth-order valence-electron chi connectivity index (χ4n) is 3.34. The Hall–Kier alpha value is -2.70. The van der Waals surface area contributed by atoms with Crippen LogP contribution in [0.2, 0.25) is 0 Å². The van der Waals surface area contributed by atoms with Crippen LogP contribution in [0.15, 0.2) is 18.5 Å². The highest BCUT2D eigenvalue weighted by atomic mass is 16.4. The second-order valence-electron chi connectivity index (χ2n) is 6.02. The number of fused-ring (bicyclic) bond motifs is 3. The van der Waals surface area contributed by atoms with Crippen LogP contribution in [-0.4, -0.2) is 44.3 Å². The first-order valence-electron chi connectivity index (χ1n) is 7.71. The normalized spacial score (nSPS) is 18.7. The molecule has 23 heavy (non-hydrogen) atoms. The van der Waals surface area contributed by atoms with Gasteiger partial charge in [0.05, 0.1) is 5.92 Å². The van der Waals surface area contributed by atoms with Gasteiger partial charge in [0.15, 0.2) is 11.5 Å². The highest BCUT2D eigenvalue weighted by Crippen LogP contribution is 2.33. The van der Waals surface area contributed by atoms with Crippen molar-refractivity contribution in [1.82, 2.24) is 20.2 Å². The van der Waals surface area contributed by atoms with E-state index in [1.807, 2.05) is 13.0 Å². The van der Waals surface area contributed by atoms with Crippen LogP contribution in [0, 0.1) is 12.8 Å². The molecule has 3 aromatic heterocycles. The fourth-order valence-corrected chi connectivity index (χ4v) is 3.34. The number of aryl methyl sites for hydroxylation is 1. The highest BCUT2D eigenvalue weighted by molar-refractivity contribution is 6.10. The number of pyridine rings is 1. The summed E-state index contributed by atoms with van der Waals surface area (Å²) in [6.07, 6.45) is 5.11. The number of aromatic nitrogens is 4. The summed E-state index contributed by atoms with van der Waals surface area (Å²) < 4.78 is 0. The Kier molecular flexibility index (Phi) is 3.14. The van der Waals surface area contributed by atoms with Gasteiger partial charge in [-0.05, 0) is 25.8 Å². The SMILES string of the molecule is Cc1[nH]nc(N2CCCC(C(=O)O)C2)c2c1cnc1nccc12. The molecule has 4 rings (SSSR count). The fraction of sp³-hybridized carbons (Fsp3) is 0.375. The van der Waals surface area contributed by atoms with Crippen LogP contribution < -0.4 is 4.90 Å². The van der Waals surface area contributed by atoms with E-state index in [9.17, 15) is 9.90 Å². The van der Waals surface area contributed by atoms with Crippen molar-refractivity contribution in [3.05, 3.63) is 24.2 Å². The lowest BCUT2D eigenvalue weighted by atomic mass is 9.97. The number of nitrogens with zero attached hydrogens (tertiary/aromatic N) is 4. The number of carbonyl (C=O) groups is 1. The molecular weight excluding hydrogens is 294 g/mol. The second-order valence-corrected chi connectivity index (χ2v) is 6.02. The van der Waals surface area contributed by atoms with Crippen LogP contribution in [0.3, 0.4) is 0 Å². The lowest BCUT2D eigenvalue weighted by molar-refractivity contribution is -0.141. The Morgan fingerprint density at radius 2 is 2.26 bits per heavy atom. The van der Waals surface area contributed by atoms with Gasteiger partial charge in [0.25, 0.3) is 0 Å². The van der Waals surface area contributed by atoms with Crippen LogP contribution in [0.25, 0.3) is 21.8 Å². The number of hydrogen-bond acceptors (Lipinski definition) is 5. The molecule has 1 aliphatic heterocycles. The van der Waals surface area contributed by atoms with Gasteiger partial charge in [-0.15, -0.1) is 0 Å². The number of carboxylic acid groups (broad SMARTS) is 1. The number of rotatable bonds is 2. The van der Waals surface area contributed by atoms with E-state index in [1.165, 1.54) is 0 Å². The van der Waals surface area contributed by atoms with E-state index in [2.05, 4.69) is 25.1 Å². The van der Waals surface area contributed by atoms with E-state index in [0.29, 0.717) is 18.6 Å². The average Bonchev–Trinajstić information content (AvgIpc) is 3.04. The van der Waals surface area contributed by atoms with Crippen molar-refractivity contribution >= 4 is 33.6 Å². The minimum Gasteiger partial charge on any atom is -0.481 e. The number of aromatic amines is 1. The molecule has 118 valence electrons. The van der Waals surface area contributed by atoms with Crippen molar-refractivity contribution in [2.75, 3.05) is 18.0 Å². The largest absolute Gasteiger partial charge is 0.481 e. The molecule has 1 atom stereocenters. The van der Waals surface area contributed by atoms with Crippen LogP contribution in [0.4, 0.5) is 5.82 Å². The number of H-pyrrole nitrogens is 1. The predicted octanol–water partition coefficient (Wildman–Crippen LogP) is 2.12. The lowest BCUT2D eigenvalue weighted by Gasteiger charge is -2.32. The number of nitrogens with one attached hydrogen (secondary N) is 1. The van der Waals surface area contributed by atoms with E-state index >= 15 is 0 Å². The molecule has 0 aromatic carbocycles. The first-order chi connectivity index (χ1) is 11.1. The maximum atomic E-state index is 11.3. The second kappa shape index (κ2) is 5.19. The van der Waals surface area contributed by atoms with Crippen LogP contribution in [0.1, 0.15) is 18.5 Å². The molecule has 1 saturated heterocycles. The summed E-state index contributed by atoms with van der Waals surface area (Å²) >= 11 is 0. The zero-order chi connectivity index (χ0) is 16.0. The van der Waals surface area contributed by atoms with E-state index in [1.54, 1.807) is 12.4 Å². The zero-order valence-electron chi connectivity index (χ0n) is 12.8. The molecule has 0 saturated carbocycles. The van der Waals surface area contributed by atoms with Gasteiger partial charge in [-0.2, -0.15) is 5.10 Å². The topological polar surface area (TPSA) is 95.0 Å². The molecule has 1 unspecified atom stereocenters. The van der Waals surface area contributed by atoms with Crippen LogP contribution in [0.5, 0.6) is 0 Å². The number of carboxylic acids is 1. The van der Waals surface area contributed by atoms with E-state index in [4.69, 9.17) is 0 Å². The van der Waals surface area contributed by atoms with Crippen molar-refractivity contribution in [3.8, 4) is 0 Å². The van der Waals surface area contributed by atoms with Crippen LogP contribution in [-0.2, 0) is 4.79 Å². The Morgan fingerprint density at radius 3 is 3.09 bits per heavy atom. The van der Waals surface area contributed by atoms with Crippen molar-refractivity contribution in [2.45, 2.75) is 19.8 Å². The Bertz CT molecular complexity index is 904. The molecule has 0 radical (unpaired) electrons. The Labute approximate surface area is 132 Å². The van der Waals surface area contributed by atoms with Gasteiger partial charge in [0.1, 0.15) is 0 Å². The van der Waals surface area contributed by atoms with Gasteiger partial charge in [0.2, 0.25) is 0 Å². The molecule has 4 heterocycles. The summed E-state index contributed by atoms with van der Waals surface area (Å²) in [6.45, 7) is 3.24. The van der Waals surface area contributed by atoms with Gasteiger partial charge in [-0.3, -0.25) is 9.89 Å². The van der Waals surface area contributed by atoms with Gasteiger partial charge in [-0.25, -0.2) is 9.97 Å². The van der Waals surface area contributed by atoms with E-state index in [-0.39, 0.29) is 5.92 Å². The summed E-state index contributed by atoms with van der Waals surface area (Å²) in [5.74, 6) is -0.300. The third-order valence-electron chi connectivity index (χ3n) is 4.56. The summed E-state index contributed by atoms with van der Waals surface area (Å²) in [4.78, 5) is 22.1. The van der Waals surface area contributed by atoms with E-state index in [0.717, 1.165) is 40.6 Å². The molecule has 0 amide bonds. The number of anilines is 1. The summed E-state index contributed by atoms with van der Waals surface area (Å²) in [5, 5.41) is 19.8. The van der Waals surface area contributed by atoms with Gasteiger partial charge in [-0.1, -0.05) is 0 Å². The summed E-state index contributed by atoms with van der Waals surface area (Å²) in [5.41, 5.74) is 1.63. The third kappa shape index (κ3) is 2.19. The third-order valence-corrected chi connectivity index (χ3v) is 4.56. The standard InChI is InChI=1S/C16H17N5O2/c1-9-12-7-18-14-11(4-5-17-14)13(12)15(20-19-9)21-6-2-3-10(8-21)16(22)23/h4-5,7,10,19H,2-3,6,8H2,1H3,(H,22,23). The molecule has 0 spiro atoms. The van der Waals surface area contributed by atoms with Gasteiger partial charge < -0.3 is 10.0 Å². The smallest absolute Gasteiger partial charge is 0.308 e. The maximum absolute atomic E-state index is 11.3. The van der Waals surface area contributed by atoms with Crippen LogP contribution >= 0.6 is 0 Å². The monoisotopic (exact) mass is 311 g/mol. The van der Waals surface area contributed by atoms with Crippen molar-refractivity contribution in [3.63, 3.8) is 0 Å². The average molecular weight is 311 g/mol. The molecule has 2 N–H and O–H groups in total. The van der Waals surface area contributed by atoms with E-state index < -0.39 is 5.97 Å². The van der Waals surface area contributed by atoms with Gasteiger partial charge >= 0.3 is 5.97 Å². The number of aliphatic carboxylic acids is 1. The van der Waals surface area contributed by atoms with Crippen molar-refractivity contribution in [1.29, 1.82) is 0 Å². The molecule has 1 fully saturated rings. The number of piperidine rings is 1. The van der Waals surface area contributed by atoms with Crippen molar-refractivity contribution in [2.24, 2.45) is 5.92 Å². The van der Waals surface area contributed by atoms with Gasteiger partial charge in [0, 0.05) is 47.3 Å². The molecule has 7 nitrogen and oxygen atoms in total. The minimum absolute atomic E-state index is 0.350. The molecule has 3 aromatic rings. The summed E-state index contributed by atoms with van der Waals surface area (Å²) in [6, 6.07) is 1.94. The highest BCUT2D eigenvalue weighted by Gasteiger charge is 2.28. The Morgan fingerprint density at radius 1 is 1.39 bits per heavy atom. The first-order valence-corrected chi connectivity index (χ1v) is 7.71. The number of hydrogen-bond donors (Lipinski definition) is 2. The summed E-state index contributed by atoms with van der Waals surface area (Å²) in [7, 11) is 0. The molecule has 7 heteroatoms. The van der Waals surface area contributed by atoms with Crippen molar-refractivity contribution < 1.29 is 9.90 Å².